The van der Waals surface area contributed by atoms with E-state index in [0.717, 1.165) is 11.0 Å². The number of fused-ring (bicyclic) bond motifs is 1. The van der Waals surface area contributed by atoms with Crippen LogP contribution in [0.15, 0.2) is 36.4 Å². The normalized spacial score (nSPS) is 19.7. The molecule has 1 aliphatic heterocycles. The van der Waals surface area contributed by atoms with Crippen LogP contribution in [0.4, 0.5) is 50.0 Å². The Kier molecular flexibility index (Phi) is 7.28. The fourth-order valence-corrected chi connectivity index (χ4v) is 4.68. The molecular formula is C23H21F9N2O2. The van der Waals surface area contributed by atoms with E-state index in [4.69, 9.17) is 5.73 Å². The Balaban J connectivity index is 2.27. The van der Waals surface area contributed by atoms with Crippen molar-refractivity contribution in [2.24, 2.45) is 5.73 Å². The van der Waals surface area contributed by atoms with Gasteiger partial charge in [0.2, 0.25) is 0 Å². The monoisotopic (exact) mass is 528 g/mol. The molecule has 36 heavy (non-hydrogen) atoms. The maximum atomic E-state index is 13.5. The predicted octanol–water partition coefficient (Wildman–Crippen LogP) is 7.24. The fraction of sp³-hybridized carbons (Fsp3) is 0.435. The number of benzene rings is 2. The Morgan fingerprint density at radius 2 is 1.47 bits per heavy atom. The molecule has 4 nitrogen and oxygen atoms in total. The molecule has 0 aliphatic carbocycles. The van der Waals surface area contributed by atoms with Gasteiger partial charge in [0, 0.05) is 12.0 Å². The molecule has 1 aliphatic rings. The third kappa shape index (κ3) is 5.40. The van der Waals surface area contributed by atoms with Gasteiger partial charge in [-0.3, -0.25) is 4.90 Å². The highest BCUT2D eigenvalue weighted by Crippen LogP contribution is 2.49. The van der Waals surface area contributed by atoms with Crippen molar-refractivity contribution < 1.29 is 49.4 Å². The fourth-order valence-electron chi connectivity index (χ4n) is 4.68. The van der Waals surface area contributed by atoms with Crippen LogP contribution in [0.5, 0.6) is 0 Å². The van der Waals surface area contributed by atoms with E-state index in [-0.39, 0.29) is 30.2 Å². The van der Waals surface area contributed by atoms with Crippen molar-refractivity contribution in [1.82, 2.24) is 0 Å². The quantitative estimate of drug-likeness (QED) is 0.412. The summed E-state index contributed by atoms with van der Waals surface area (Å²) in [6.07, 6.45) is -16.5. The van der Waals surface area contributed by atoms with Crippen molar-refractivity contribution in [3.8, 4) is 0 Å². The van der Waals surface area contributed by atoms with Gasteiger partial charge < -0.3 is 10.8 Å². The number of nitrogens with two attached hydrogens (primary N) is 1. The minimum absolute atomic E-state index is 0.0470. The molecule has 0 bridgehead atoms. The summed E-state index contributed by atoms with van der Waals surface area (Å²) in [7, 11) is 0. The van der Waals surface area contributed by atoms with Crippen LogP contribution < -0.4 is 10.6 Å². The van der Waals surface area contributed by atoms with Crippen LogP contribution in [0.1, 0.15) is 59.4 Å². The van der Waals surface area contributed by atoms with Gasteiger partial charge in [-0.05, 0) is 72.8 Å². The lowest BCUT2D eigenvalue weighted by molar-refractivity contribution is -0.143. The average molecular weight is 528 g/mol. The summed E-state index contributed by atoms with van der Waals surface area (Å²) in [6, 6.07) is 2.47. The van der Waals surface area contributed by atoms with Crippen molar-refractivity contribution in [1.29, 1.82) is 0 Å². The molecule has 0 radical (unpaired) electrons. The minimum Gasteiger partial charge on any atom is -0.465 e. The van der Waals surface area contributed by atoms with E-state index in [1.165, 1.54) is 0 Å². The molecular weight excluding hydrogens is 507 g/mol. The Morgan fingerprint density at radius 1 is 0.944 bits per heavy atom. The van der Waals surface area contributed by atoms with E-state index in [0.29, 0.717) is 24.3 Å². The van der Waals surface area contributed by atoms with Gasteiger partial charge in [-0.1, -0.05) is 6.92 Å². The first-order chi connectivity index (χ1) is 16.5. The molecule has 1 amide bonds. The number of carboxylic acid groups (broad SMARTS) is 1. The molecule has 3 atom stereocenters. The minimum atomic E-state index is -5.13. The summed E-state index contributed by atoms with van der Waals surface area (Å²) in [6.45, 7) is 1.11. The SMILES string of the molecule is CC[C@@H]1C[C@@H]([C@H](CN)c2cc(C(F)(F)F)cc(C(F)(F)F)c2)c2cc(C(F)(F)F)ccc2N1C(=O)O. The molecule has 13 heteroatoms. The number of hydrogen-bond donors (Lipinski definition) is 2. The highest BCUT2D eigenvalue weighted by Gasteiger charge is 2.43. The van der Waals surface area contributed by atoms with E-state index >= 15 is 0 Å². The van der Waals surface area contributed by atoms with Crippen molar-refractivity contribution in [2.75, 3.05) is 11.4 Å². The largest absolute Gasteiger partial charge is 0.465 e. The van der Waals surface area contributed by atoms with Gasteiger partial charge in [-0.25, -0.2) is 4.79 Å². The molecule has 198 valence electrons. The van der Waals surface area contributed by atoms with Crippen molar-refractivity contribution in [3.63, 3.8) is 0 Å². The van der Waals surface area contributed by atoms with Gasteiger partial charge in [0.25, 0.3) is 0 Å². The van der Waals surface area contributed by atoms with Crippen LogP contribution in [-0.4, -0.2) is 23.8 Å². The third-order valence-electron chi connectivity index (χ3n) is 6.36. The van der Waals surface area contributed by atoms with Gasteiger partial charge >= 0.3 is 24.6 Å². The summed E-state index contributed by atoms with van der Waals surface area (Å²) >= 11 is 0. The van der Waals surface area contributed by atoms with E-state index < -0.39 is 71.3 Å². The molecule has 0 aromatic heterocycles. The Labute approximate surface area is 199 Å². The van der Waals surface area contributed by atoms with Gasteiger partial charge in [0.1, 0.15) is 0 Å². The maximum absolute atomic E-state index is 13.5. The molecule has 3 rings (SSSR count). The highest BCUT2D eigenvalue weighted by molar-refractivity contribution is 5.89. The van der Waals surface area contributed by atoms with Crippen LogP contribution in [0.3, 0.4) is 0 Å². The zero-order chi connectivity index (χ0) is 27.2. The Morgan fingerprint density at radius 3 is 1.89 bits per heavy atom. The van der Waals surface area contributed by atoms with Crippen molar-refractivity contribution in [2.45, 2.75) is 56.2 Å². The van der Waals surface area contributed by atoms with Crippen LogP contribution >= 0.6 is 0 Å². The van der Waals surface area contributed by atoms with E-state index in [1.54, 1.807) is 6.92 Å². The lowest BCUT2D eigenvalue weighted by atomic mass is 9.73. The smallest absolute Gasteiger partial charge is 0.416 e. The summed E-state index contributed by atoms with van der Waals surface area (Å²) < 4.78 is 121. The van der Waals surface area contributed by atoms with Gasteiger partial charge in [0.15, 0.2) is 0 Å². The van der Waals surface area contributed by atoms with E-state index in [1.807, 2.05) is 0 Å². The molecule has 0 saturated carbocycles. The second kappa shape index (κ2) is 9.49. The number of hydrogen-bond acceptors (Lipinski definition) is 2. The first-order valence-corrected chi connectivity index (χ1v) is 10.7. The molecule has 0 spiro atoms. The van der Waals surface area contributed by atoms with Crippen molar-refractivity contribution >= 4 is 11.8 Å². The summed E-state index contributed by atoms with van der Waals surface area (Å²) in [5.74, 6) is -2.35. The lowest BCUT2D eigenvalue weighted by Gasteiger charge is -2.42. The lowest BCUT2D eigenvalue weighted by Crippen LogP contribution is -2.45. The summed E-state index contributed by atoms with van der Waals surface area (Å²) in [5.41, 5.74) is 0.762. The predicted molar refractivity (Wildman–Crippen MR) is 112 cm³/mol. The molecule has 3 N–H and O–H groups in total. The number of halogens is 9. The molecule has 2 aromatic carbocycles. The number of rotatable bonds is 4. The topological polar surface area (TPSA) is 66.6 Å². The zero-order valence-corrected chi connectivity index (χ0v) is 18.6. The highest BCUT2D eigenvalue weighted by atomic mass is 19.4. The maximum Gasteiger partial charge on any atom is 0.416 e. The second-order valence-corrected chi connectivity index (χ2v) is 8.51. The van der Waals surface area contributed by atoms with Crippen LogP contribution in [0.2, 0.25) is 0 Å². The van der Waals surface area contributed by atoms with Crippen molar-refractivity contribution in [3.05, 3.63) is 64.2 Å². The van der Waals surface area contributed by atoms with Crippen LogP contribution in [0.25, 0.3) is 0 Å². The Hall–Kier alpha value is -2.96. The number of carbonyl (C=O) groups is 1. The molecule has 0 unspecified atom stereocenters. The number of amides is 1. The van der Waals surface area contributed by atoms with E-state index in [9.17, 15) is 49.4 Å². The molecule has 1 heterocycles. The van der Waals surface area contributed by atoms with Crippen LogP contribution in [0, 0.1) is 0 Å². The first kappa shape index (κ1) is 27.6. The van der Waals surface area contributed by atoms with Gasteiger partial charge in [-0.15, -0.1) is 0 Å². The average Bonchev–Trinajstić information content (AvgIpc) is 2.76. The molecule has 0 saturated heterocycles. The molecule has 2 aromatic rings. The summed E-state index contributed by atoms with van der Waals surface area (Å²) in [4.78, 5) is 12.8. The number of nitrogens with zero attached hydrogens (tertiary/aromatic N) is 1. The Bertz CT molecular complexity index is 1090. The molecule has 0 fully saturated rings. The summed E-state index contributed by atoms with van der Waals surface area (Å²) in [5, 5.41) is 9.70. The third-order valence-corrected chi connectivity index (χ3v) is 6.36. The standard InChI is InChI=1S/C23H21F9N2O2/c1-2-15-9-16(17-8-12(21(24,25)26)3-4-19(17)34(15)20(35)36)18(10-33)11-5-13(22(27,28)29)7-14(6-11)23(30,31)32/h3-8,15-16,18H,2,9-10,33H2,1H3,(H,35,36)/t15-,16-,18-/m1/s1. The van der Waals surface area contributed by atoms with Gasteiger partial charge in [0.05, 0.1) is 22.4 Å². The number of alkyl halides is 9. The van der Waals surface area contributed by atoms with Crippen LogP contribution in [-0.2, 0) is 18.5 Å². The van der Waals surface area contributed by atoms with E-state index in [2.05, 4.69) is 0 Å². The second-order valence-electron chi connectivity index (χ2n) is 8.51. The zero-order valence-electron chi connectivity index (χ0n) is 18.6. The van der Waals surface area contributed by atoms with Gasteiger partial charge in [-0.2, -0.15) is 39.5 Å². The number of anilines is 1. The first-order valence-electron chi connectivity index (χ1n) is 10.7.